The molecule has 1 heterocycles. The monoisotopic (exact) mass is 413 g/mol. The van der Waals surface area contributed by atoms with Gasteiger partial charge in [-0.25, -0.2) is 13.9 Å². The minimum absolute atomic E-state index is 0.0134. The molecule has 0 bridgehead atoms. The number of esters is 1. The van der Waals surface area contributed by atoms with E-state index in [0.29, 0.717) is 24.1 Å². The smallest absolute Gasteiger partial charge is 0.405 e. The van der Waals surface area contributed by atoms with Crippen LogP contribution in [0.3, 0.4) is 0 Å². The average molecular weight is 413 g/mol. The number of rotatable bonds is 5. The maximum absolute atomic E-state index is 13.2. The Balaban J connectivity index is 1.80. The molecule has 0 unspecified atom stereocenters. The van der Waals surface area contributed by atoms with Crippen LogP contribution >= 0.6 is 0 Å². The lowest BCUT2D eigenvalue weighted by Crippen LogP contribution is -2.40. The SMILES string of the molecule is C[C@H](OC(=O)c1nn(-c2ccc(F)cc2)c2c1CCCC2)C(=O)NCC(F)(F)F. The van der Waals surface area contributed by atoms with Crippen LogP contribution < -0.4 is 5.32 Å². The predicted octanol–water partition coefficient (Wildman–Crippen LogP) is 3.11. The van der Waals surface area contributed by atoms with Gasteiger partial charge in [0, 0.05) is 11.3 Å². The van der Waals surface area contributed by atoms with E-state index < -0.39 is 36.5 Å². The minimum Gasteiger partial charge on any atom is -0.448 e. The second-order valence-electron chi connectivity index (χ2n) is 6.75. The van der Waals surface area contributed by atoms with E-state index in [2.05, 4.69) is 5.10 Å². The van der Waals surface area contributed by atoms with Crippen molar-refractivity contribution in [1.29, 1.82) is 0 Å². The lowest BCUT2D eigenvalue weighted by atomic mass is 9.95. The van der Waals surface area contributed by atoms with Gasteiger partial charge in [0.25, 0.3) is 5.91 Å². The van der Waals surface area contributed by atoms with Crippen LogP contribution in [0.15, 0.2) is 24.3 Å². The van der Waals surface area contributed by atoms with E-state index in [1.165, 1.54) is 31.2 Å². The minimum atomic E-state index is -4.56. The quantitative estimate of drug-likeness (QED) is 0.604. The van der Waals surface area contributed by atoms with Gasteiger partial charge in [-0.15, -0.1) is 0 Å². The topological polar surface area (TPSA) is 73.2 Å². The Morgan fingerprint density at radius 2 is 1.86 bits per heavy atom. The van der Waals surface area contributed by atoms with Crippen molar-refractivity contribution in [2.24, 2.45) is 0 Å². The Bertz CT molecular complexity index is 907. The number of hydrogen-bond acceptors (Lipinski definition) is 4. The Morgan fingerprint density at radius 1 is 1.21 bits per heavy atom. The van der Waals surface area contributed by atoms with Crippen molar-refractivity contribution in [1.82, 2.24) is 15.1 Å². The molecule has 0 aliphatic heterocycles. The average Bonchev–Trinajstić information content (AvgIpc) is 3.06. The first-order valence-electron chi connectivity index (χ1n) is 9.08. The summed E-state index contributed by atoms with van der Waals surface area (Å²) in [5.74, 6) is -2.35. The Kier molecular flexibility index (Phi) is 5.90. The van der Waals surface area contributed by atoms with Crippen molar-refractivity contribution in [3.8, 4) is 5.69 Å². The van der Waals surface area contributed by atoms with Gasteiger partial charge in [-0.1, -0.05) is 0 Å². The first-order chi connectivity index (χ1) is 13.7. The third kappa shape index (κ3) is 4.93. The zero-order valence-electron chi connectivity index (χ0n) is 15.6. The van der Waals surface area contributed by atoms with Crippen molar-refractivity contribution >= 4 is 11.9 Å². The lowest BCUT2D eigenvalue weighted by molar-refractivity contribution is -0.143. The van der Waals surface area contributed by atoms with Crippen LogP contribution in [0.4, 0.5) is 17.6 Å². The van der Waals surface area contributed by atoms with E-state index in [-0.39, 0.29) is 5.69 Å². The van der Waals surface area contributed by atoms with Crippen molar-refractivity contribution in [2.75, 3.05) is 6.54 Å². The highest BCUT2D eigenvalue weighted by Gasteiger charge is 2.31. The van der Waals surface area contributed by atoms with Crippen molar-refractivity contribution in [2.45, 2.75) is 44.9 Å². The molecular weight excluding hydrogens is 394 g/mol. The van der Waals surface area contributed by atoms with Crippen LogP contribution in [-0.2, 0) is 22.4 Å². The summed E-state index contributed by atoms with van der Waals surface area (Å²) in [5.41, 5.74) is 2.05. The third-order valence-corrected chi connectivity index (χ3v) is 4.56. The van der Waals surface area contributed by atoms with Gasteiger partial charge in [0.2, 0.25) is 0 Å². The maximum Gasteiger partial charge on any atom is 0.405 e. The summed E-state index contributed by atoms with van der Waals surface area (Å²) >= 11 is 0. The van der Waals surface area contributed by atoms with Gasteiger partial charge in [0.1, 0.15) is 12.4 Å². The van der Waals surface area contributed by atoms with E-state index in [0.717, 1.165) is 18.5 Å². The van der Waals surface area contributed by atoms with Gasteiger partial charge in [-0.2, -0.15) is 18.3 Å². The summed E-state index contributed by atoms with van der Waals surface area (Å²) in [7, 11) is 0. The molecule has 1 atom stereocenters. The maximum atomic E-state index is 13.2. The Morgan fingerprint density at radius 3 is 2.52 bits per heavy atom. The lowest BCUT2D eigenvalue weighted by Gasteiger charge is -2.15. The first kappa shape index (κ1) is 20.8. The molecule has 1 aromatic carbocycles. The molecule has 3 rings (SSSR count). The molecule has 1 aliphatic rings. The number of aromatic nitrogens is 2. The highest BCUT2D eigenvalue weighted by Crippen LogP contribution is 2.27. The summed E-state index contributed by atoms with van der Waals surface area (Å²) in [4.78, 5) is 24.3. The highest BCUT2D eigenvalue weighted by atomic mass is 19.4. The molecule has 1 aromatic heterocycles. The van der Waals surface area contributed by atoms with E-state index in [1.54, 1.807) is 10.00 Å². The molecule has 0 spiro atoms. The number of hydrogen-bond donors (Lipinski definition) is 1. The first-order valence-corrected chi connectivity index (χ1v) is 9.08. The second-order valence-corrected chi connectivity index (χ2v) is 6.75. The number of halogens is 4. The largest absolute Gasteiger partial charge is 0.448 e. The number of carbonyl (C=O) groups excluding carboxylic acids is 2. The number of fused-ring (bicyclic) bond motifs is 1. The number of nitrogens with zero attached hydrogens (tertiary/aromatic N) is 2. The molecule has 0 saturated carbocycles. The Hall–Kier alpha value is -2.91. The number of benzene rings is 1. The number of nitrogens with one attached hydrogen (secondary N) is 1. The molecule has 156 valence electrons. The molecule has 0 saturated heterocycles. The molecule has 29 heavy (non-hydrogen) atoms. The van der Waals surface area contributed by atoms with Crippen molar-refractivity contribution < 1.29 is 31.9 Å². The van der Waals surface area contributed by atoms with Crippen LogP contribution in [0.2, 0.25) is 0 Å². The fraction of sp³-hybridized carbons (Fsp3) is 0.421. The van der Waals surface area contributed by atoms with Gasteiger partial charge in [0.15, 0.2) is 11.8 Å². The van der Waals surface area contributed by atoms with E-state index in [1.807, 2.05) is 0 Å². The van der Waals surface area contributed by atoms with Crippen molar-refractivity contribution in [3.05, 3.63) is 47.0 Å². The third-order valence-electron chi connectivity index (χ3n) is 4.56. The molecule has 6 nitrogen and oxygen atoms in total. The van der Waals surface area contributed by atoms with Crippen molar-refractivity contribution in [3.63, 3.8) is 0 Å². The van der Waals surface area contributed by atoms with Gasteiger partial charge in [0.05, 0.1) is 5.69 Å². The summed E-state index contributed by atoms with van der Waals surface area (Å²) in [6.45, 7) is -0.324. The molecule has 0 radical (unpaired) electrons. The number of amides is 1. The zero-order valence-corrected chi connectivity index (χ0v) is 15.6. The fourth-order valence-corrected chi connectivity index (χ4v) is 3.16. The van der Waals surface area contributed by atoms with Gasteiger partial charge >= 0.3 is 12.1 Å². The summed E-state index contributed by atoms with van der Waals surface area (Å²) in [5, 5.41) is 5.97. The molecule has 2 aromatic rings. The summed E-state index contributed by atoms with van der Waals surface area (Å²) in [6.07, 6.45) is -3.01. The predicted molar refractivity (Wildman–Crippen MR) is 94.1 cm³/mol. The molecular formula is C19H19F4N3O3. The number of alkyl halides is 3. The van der Waals surface area contributed by atoms with Crippen LogP contribution in [0.1, 0.15) is 41.5 Å². The standard InChI is InChI=1S/C19H19F4N3O3/c1-11(17(27)24-10-19(21,22)23)29-18(28)16-14-4-2-3-5-15(14)26(25-16)13-8-6-12(20)7-9-13/h6-9,11H,2-5,10H2,1H3,(H,24,27)/t11-/m0/s1. The fourth-order valence-electron chi connectivity index (χ4n) is 3.16. The van der Waals surface area contributed by atoms with Gasteiger partial charge < -0.3 is 10.1 Å². The molecule has 1 N–H and O–H groups in total. The zero-order chi connectivity index (χ0) is 21.2. The molecule has 1 amide bonds. The van der Waals surface area contributed by atoms with Gasteiger partial charge in [-0.05, 0) is 56.9 Å². The van der Waals surface area contributed by atoms with E-state index in [9.17, 15) is 27.2 Å². The van der Waals surface area contributed by atoms with Crippen LogP contribution in [0, 0.1) is 5.82 Å². The number of carbonyl (C=O) groups is 2. The second kappa shape index (κ2) is 8.22. The molecule has 10 heteroatoms. The summed E-state index contributed by atoms with van der Waals surface area (Å²) < 4.78 is 56.5. The van der Waals surface area contributed by atoms with E-state index >= 15 is 0 Å². The highest BCUT2D eigenvalue weighted by molar-refractivity contribution is 5.92. The molecule has 0 fully saturated rings. The normalized spacial score (nSPS) is 14.8. The van der Waals surface area contributed by atoms with Crippen LogP contribution in [-0.4, -0.2) is 40.5 Å². The Labute approximate surface area is 163 Å². The number of ether oxygens (including phenoxy) is 1. The van der Waals surface area contributed by atoms with Crippen LogP contribution in [0.25, 0.3) is 5.69 Å². The molecule has 1 aliphatic carbocycles. The van der Waals surface area contributed by atoms with Gasteiger partial charge in [-0.3, -0.25) is 4.79 Å². The van der Waals surface area contributed by atoms with E-state index in [4.69, 9.17) is 4.74 Å². The van der Waals surface area contributed by atoms with Crippen LogP contribution in [0.5, 0.6) is 0 Å². The summed E-state index contributed by atoms with van der Waals surface area (Å²) in [6, 6.07) is 5.60.